The monoisotopic (exact) mass is 561 g/mol. The minimum Gasteiger partial charge on any atom is -0.508 e. The summed E-state index contributed by atoms with van der Waals surface area (Å²) in [6.07, 6.45) is 4.87. The van der Waals surface area contributed by atoms with E-state index in [4.69, 9.17) is 18.9 Å². The van der Waals surface area contributed by atoms with Crippen LogP contribution in [-0.4, -0.2) is 62.1 Å². The zero-order valence-electron chi connectivity index (χ0n) is 23.5. The predicted molar refractivity (Wildman–Crippen MR) is 153 cm³/mol. The molecule has 0 radical (unpaired) electrons. The Kier molecular flexibility index (Phi) is 7.42. The number of aliphatic hydroxyl groups excluding tert-OH is 1. The number of hydrogen-bond donors (Lipinski definition) is 5. The number of rotatable bonds is 8. The highest BCUT2D eigenvalue weighted by atomic mass is 16.5. The summed E-state index contributed by atoms with van der Waals surface area (Å²) in [5.41, 5.74) is 5.94. The molecule has 216 valence electrons. The molecule has 41 heavy (non-hydrogen) atoms. The van der Waals surface area contributed by atoms with Crippen LogP contribution >= 0.6 is 0 Å². The highest BCUT2D eigenvalue weighted by molar-refractivity contribution is 5.83. The Morgan fingerprint density at radius 1 is 1.00 bits per heavy atom. The molecule has 9 heteroatoms. The number of nitrogens with one attached hydrogen (secondary N) is 2. The molecule has 5 N–H and O–H groups in total. The molecule has 3 aromatic rings. The maximum absolute atomic E-state index is 11.4. The van der Waals surface area contributed by atoms with Gasteiger partial charge in [-0.25, -0.2) is 0 Å². The third-order valence-electron chi connectivity index (χ3n) is 8.56. The van der Waals surface area contributed by atoms with Crippen molar-refractivity contribution in [1.29, 1.82) is 0 Å². The number of phenols is 2. The number of ether oxygens (including phenoxy) is 4. The second-order valence-electron chi connectivity index (χ2n) is 10.9. The van der Waals surface area contributed by atoms with Gasteiger partial charge in [-0.2, -0.15) is 0 Å². The first kappa shape index (κ1) is 27.3. The van der Waals surface area contributed by atoms with Gasteiger partial charge < -0.3 is 39.6 Å². The number of phenolic OH excluding ortho intramolecular Hbond substituents is 2. The highest BCUT2D eigenvalue weighted by Crippen LogP contribution is 2.53. The van der Waals surface area contributed by atoms with E-state index in [2.05, 4.69) is 11.5 Å². The fraction of sp³-hybridized carbons (Fsp3) is 0.375. The number of quaternary nitrogens is 1. The molecule has 5 unspecified atom stereocenters. The molecule has 0 saturated carbocycles. The van der Waals surface area contributed by atoms with Gasteiger partial charge >= 0.3 is 0 Å². The van der Waals surface area contributed by atoms with E-state index in [1.807, 2.05) is 24.4 Å². The molecule has 0 saturated heterocycles. The van der Waals surface area contributed by atoms with E-state index in [9.17, 15) is 15.3 Å². The van der Waals surface area contributed by atoms with Gasteiger partial charge in [0.15, 0.2) is 17.7 Å². The van der Waals surface area contributed by atoms with Gasteiger partial charge in [-0.1, -0.05) is 12.1 Å². The summed E-state index contributed by atoms with van der Waals surface area (Å²) >= 11 is 0. The lowest BCUT2D eigenvalue weighted by Crippen LogP contribution is -3.12. The molecule has 3 aromatic carbocycles. The van der Waals surface area contributed by atoms with E-state index >= 15 is 0 Å². The molecule has 0 spiro atoms. The molecule has 6 rings (SSSR count). The third kappa shape index (κ3) is 4.94. The van der Waals surface area contributed by atoms with Crippen LogP contribution in [0.2, 0.25) is 0 Å². The van der Waals surface area contributed by atoms with E-state index in [1.54, 1.807) is 38.5 Å². The van der Waals surface area contributed by atoms with Gasteiger partial charge in [0.05, 0.1) is 33.1 Å². The summed E-state index contributed by atoms with van der Waals surface area (Å²) in [5.74, 6) is 2.10. The average Bonchev–Trinajstić information content (AvgIpc) is 3.42. The van der Waals surface area contributed by atoms with Gasteiger partial charge in [-0.15, -0.1) is 0 Å². The van der Waals surface area contributed by atoms with Crippen molar-refractivity contribution in [1.82, 2.24) is 5.32 Å². The first-order valence-electron chi connectivity index (χ1n) is 14.0. The number of benzene rings is 3. The number of hydrogen-bond acceptors (Lipinski definition) is 8. The minimum absolute atomic E-state index is 0.0307. The van der Waals surface area contributed by atoms with Crippen molar-refractivity contribution in [2.45, 2.75) is 43.6 Å². The van der Waals surface area contributed by atoms with Crippen molar-refractivity contribution < 1.29 is 39.2 Å². The van der Waals surface area contributed by atoms with E-state index in [1.165, 1.54) is 12.0 Å². The lowest BCUT2D eigenvalue weighted by atomic mass is 9.73. The predicted octanol–water partition coefficient (Wildman–Crippen LogP) is 2.78. The van der Waals surface area contributed by atoms with Gasteiger partial charge in [0.1, 0.15) is 36.2 Å². The van der Waals surface area contributed by atoms with Crippen LogP contribution in [-0.2, 0) is 17.6 Å². The fourth-order valence-corrected chi connectivity index (χ4v) is 6.61. The number of aliphatic hydroxyl groups is 1. The first-order chi connectivity index (χ1) is 19.9. The molecule has 2 heterocycles. The third-order valence-corrected chi connectivity index (χ3v) is 8.56. The molecule has 0 amide bonds. The van der Waals surface area contributed by atoms with Crippen molar-refractivity contribution in [3.8, 4) is 39.9 Å². The molecular weight excluding hydrogens is 524 g/mol. The van der Waals surface area contributed by atoms with Crippen molar-refractivity contribution >= 4 is 0 Å². The van der Waals surface area contributed by atoms with E-state index < -0.39 is 12.2 Å². The Hall–Kier alpha value is -3.92. The summed E-state index contributed by atoms with van der Waals surface area (Å²) in [4.78, 5) is 1.30. The SMILES string of the molecule is COCC1NC=C[NH+]1CCC1Cc2cc(O)ccc2-c2c(OC)cc3c(c21)CC(O)C(c1ccc(O)c(OC)c1)O3. The zero-order valence-corrected chi connectivity index (χ0v) is 23.5. The molecule has 9 nitrogen and oxygen atoms in total. The lowest BCUT2D eigenvalue weighted by Gasteiger charge is -2.37. The van der Waals surface area contributed by atoms with Crippen LogP contribution in [0.15, 0.2) is 54.9 Å². The van der Waals surface area contributed by atoms with Gasteiger partial charge in [0.25, 0.3) is 0 Å². The van der Waals surface area contributed by atoms with Gasteiger partial charge in [-0.05, 0) is 58.9 Å². The van der Waals surface area contributed by atoms with Crippen LogP contribution in [0.1, 0.15) is 40.7 Å². The maximum Gasteiger partial charge on any atom is 0.188 e. The Morgan fingerprint density at radius 2 is 1.83 bits per heavy atom. The lowest BCUT2D eigenvalue weighted by molar-refractivity contribution is -0.871. The van der Waals surface area contributed by atoms with Crippen molar-refractivity contribution in [2.24, 2.45) is 0 Å². The van der Waals surface area contributed by atoms with Crippen LogP contribution in [0.25, 0.3) is 11.1 Å². The van der Waals surface area contributed by atoms with E-state index in [-0.39, 0.29) is 23.6 Å². The average molecular weight is 562 g/mol. The van der Waals surface area contributed by atoms with Crippen molar-refractivity contribution in [2.75, 3.05) is 34.5 Å². The minimum atomic E-state index is -0.807. The van der Waals surface area contributed by atoms with Crippen molar-refractivity contribution in [3.05, 3.63) is 77.1 Å². The number of fused-ring (bicyclic) bond motifs is 5. The second kappa shape index (κ2) is 11.2. The molecule has 2 aliphatic heterocycles. The summed E-state index contributed by atoms with van der Waals surface area (Å²) < 4.78 is 23.2. The molecule has 3 aliphatic rings. The Labute approximate surface area is 239 Å². The van der Waals surface area contributed by atoms with E-state index in [0.29, 0.717) is 35.8 Å². The Morgan fingerprint density at radius 3 is 2.61 bits per heavy atom. The molecule has 0 aromatic heterocycles. The standard InChI is InChI=1S/C32H36N2O7/c1-38-17-29-33-9-11-34(29)10-8-18-12-20-13-21(35)5-6-22(20)31-28(40-3)16-26-23(30(18)31)15-25(37)32(41-26)19-4-7-24(36)27(14-19)39-2/h4-7,9,11,13-14,16,18,25,29,32-33,35-37H,8,10,12,15,17H2,1-3H3/p+1. The Bertz CT molecular complexity index is 1470. The molecule has 5 atom stereocenters. The Balaban J connectivity index is 1.42. The van der Waals surface area contributed by atoms with Gasteiger partial charge in [0.2, 0.25) is 0 Å². The fourth-order valence-electron chi connectivity index (χ4n) is 6.61. The van der Waals surface area contributed by atoms with Gasteiger partial charge in [-0.3, -0.25) is 4.90 Å². The van der Waals surface area contributed by atoms with Crippen LogP contribution in [0, 0.1) is 0 Å². The van der Waals surface area contributed by atoms with Crippen molar-refractivity contribution in [3.63, 3.8) is 0 Å². The van der Waals surface area contributed by atoms with E-state index in [0.717, 1.165) is 47.2 Å². The van der Waals surface area contributed by atoms with Crippen LogP contribution < -0.4 is 24.4 Å². The topological polar surface area (TPSA) is 114 Å². The number of methoxy groups -OCH3 is 3. The quantitative estimate of drug-likeness (QED) is 0.285. The molecule has 0 bridgehead atoms. The molecular formula is C32H37N2O7+. The first-order valence-corrected chi connectivity index (χ1v) is 14.0. The number of aromatic hydroxyl groups is 2. The molecule has 1 aliphatic carbocycles. The zero-order chi connectivity index (χ0) is 28.7. The normalized spacial score (nSPS) is 24.0. The van der Waals surface area contributed by atoms with Gasteiger partial charge in [0, 0.05) is 37.1 Å². The molecule has 0 fully saturated rings. The summed E-state index contributed by atoms with van der Waals surface area (Å²) in [6, 6.07) is 12.4. The summed E-state index contributed by atoms with van der Waals surface area (Å²) in [6.45, 7) is 1.48. The summed E-state index contributed by atoms with van der Waals surface area (Å²) in [7, 11) is 4.87. The maximum atomic E-state index is 11.4. The summed E-state index contributed by atoms with van der Waals surface area (Å²) in [5, 5.41) is 35.2. The second-order valence-corrected chi connectivity index (χ2v) is 10.9. The highest BCUT2D eigenvalue weighted by Gasteiger charge is 2.39. The largest absolute Gasteiger partial charge is 0.508 e. The van der Waals surface area contributed by atoms with Crippen LogP contribution in [0.4, 0.5) is 0 Å². The smallest absolute Gasteiger partial charge is 0.188 e. The van der Waals surface area contributed by atoms with Crippen LogP contribution in [0.3, 0.4) is 0 Å². The van der Waals surface area contributed by atoms with Crippen LogP contribution in [0.5, 0.6) is 28.7 Å².